The van der Waals surface area contributed by atoms with Crippen LogP contribution in [-0.2, 0) is 0 Å². The number of aryl methyl sites for hydroxylation is 1. The summed E-state index contributed by atoms with van der Waals surface area (Å²) in [5, 5.41) is 4.00. The van der Waals surface area contributed by atoms with Crippen LogP contribution in [0.1, 0.15) is 28.6 Å². The minimum atomic E-state index is -0.225. The van der Waals surface area contributed by atoms with Crippen LogP contribution >= 0.6 is 11.5 Å². The standard InChI is InChI=1S/C13H15N3O2S/c1-8-13(19-16-15-8)12(14)9-3-4-10-11(7-9)18-6-2-5-17-10/h3-4,7,12H,2,5-6,14H2,1H3. The molecule has 0 bridgehead atoms. The van der Waals surface area contributed by atoms with Gasteiger partial charge in [-0.15, -0.1) is 5.10 Å². The fourth-order valence-electron chi connectivity index (χ4n) is 2.05. The Morgan fingerprint density at radius 2 is 2.05 bits per heavy atom. The van der Waals surface area contributed by atoms with Crippen molar-refractivity contribution in [3.63, 3.8) is 0 Å². The minimum Gasteiger partial charge on any atom is -0.490 e. The summed E-state index contributed by atoms with van der Waals surface area (Å²) in [6.45, 7) is 3.28. The van der Waals surface area contributed by atoms with E-state index in [0.29, 0.717) is 13.2 Å². The van der Waals surface area contributed by atoms with Crippen molar-refractivity contribution in [2.75, 3.05) is 13.2 Å². The maximum atomic E-state index is 6.27. The van der Waals surface area contributed by atoms with Crippen LogP contribution in [0.15, 0.2) is 18.2 Å². The highest BCUT2D eigenvalue weighted by atomic mass is 32.1. The van der Waals surface area contributed by atoms with Gasteiger partial charge in [0.15, 0.2) is 11.5 Å². The summed E-state index contributed by atoms with van der Waals surface area (Å²) < 4.78 is 15.2. The summed E-state index contributed by atoms with van der Waals surface area (Å²) in [6, 6.07) is 5.61. The number of hydrogen-bond donors (Lipinski definition) is 1. The van der Waals surface area contributed by atoms with Crippen molar-refractivity contribution >= 4 is 11.5 Å². The molecule has 0 aliphatic carbocycles. The van der Waals surface area contributed by atoms with Gasteiger partial charge in [-0.05, 0) is 36.2 Å². The van der Waals surface area contributed by atoms with Gasteiger partial charge in [0.05, 0.1) is 29.8 Å². The Morgan fingerprint density at radius 3 is 2.79 bits per heavy atom. The lowest BCUT2D eigenvalue weighted by Gasteiger charge is -2.13. The summed E-state index contributed by atoms with van der Waals surface area (Å²) in [5.74, 6) is 1.55. The lowest BCUT2D eigenvalue weighted by atomic mass is 10.0. The number of nitrogens with two attached hydrogens (primary N) is 1. The number of fused-ring (bicyclic) bond motifs is 1. The first-order valence-corrected chi connectivity index (χ1v) is 6.97. The molecule has 2 heterocycles. The molecule has 1 unspecified atom stereocenters. The van der Waals surface area contributed by atoms with Crippen molar-refractivity contribution in [1.82, 2.24) is 9.59 Å². The molecular formula is C13H15N3O2S. The van der Waals surface area contributed by atoms with Gasteiger partial charge in [0.1, 0.15) is 0 Å². The molecule has 1 atom stereocenters. The normalized spacial score (nSPS) is 15.9. The van der Waals surface area contributed by atoms with Crippen LogP contribution in [-0.4, -0.2) is 22.8 Å². The maximum Gasteiger partial charge on any atom is 0.161 e. The predicted molar refractivity (Wildman–Crippen MR) is 72.7 cm³/mol. The largest absolute Gasteiger partial charge is 0.490 e. The van der Waals surface area contributed by atoms with E-state index in [1.807, 2.05) is 25.1 Å². The Kier molecular flexibility index (Phi) is 3.35. The molecule has 1 aliphatic rings. The van der Waals surface area contributed by atoms with Gasteiger partial charge in [-0.3, -0.25) is 0 Å². The smallest absolute Gasteiger partial charge is 0.161 e. The first-order chi connectivity index (χ1) is 9.25. The van der Waals surface area contributed by atoms with Crippen LogP contribution in [0.5, 0.6) is 11.5 Å². The molecule has 6 heteroatoms. The van der Waals surface area contributed by atoms with Crippen molar-refractivity contribution < 1.29 is 9.47 Å². The Bertz CT molecular complexity index is 585. The molecule has 5 nitrogen and oxygen atoms in total. The van der Waals surface area contributed by atoms with Crippen LogP contribution in [0.2, 0.25) is 0 Å². The van der Waals surface area contributed by atoms with Gasteiger partial charge < -0.3 is 15.2 Å². The van der Waals surface area contributed by atoms with Crippen molar-refractivity contribution in [1.29, 1.82) is 0 Å². The zero-order valence-electron chi connectivity index (χ0n) is 10.6. The first-order valence-electron chi connectivity index (χ1n) is 6.19. The molecular weight excluding hydrogens is 262 g/mol. The van der Waals surface area contributed by atoms with Gasteiger partial charge in [-0.2, -0.15) is 0 Å². The molecule has 0 amide bonds. The average Bonchev–Trinajstić information content (AvgIpc) is 2.72. The van der Waals surface area contributed by atoms with E-state index < -0.39 is 0 Å². The van der Waals surface area contributed by atoms with E-state index in [0.717, 1.165) is 34.1 Å². The summed E-state index contributed by atoms with van der Waals surface area (Å²) in [7, 11) is 0. The van der Waals surface area contributed by atoms with E-state index in [1.54, 1.807) is 0 Å². The van der Waals surface area contributed by atoms with E-state index in [2.05, 4.69) is 9.59 Å². The van der Waals surface area contributed by atoms with Crippen LogP contribution in [0.4, 0.5) is 0 Å². The van der Waals surface area contributed by atoms with Crippen molar-refractivity contribution in [3.8, 4) is 11.5 Å². The highest BCUT2D eigenvalue weighted by molar-refractivity contribution is 7.05. The molecule has 19 heavy (non-hydrogen) atoms. The number of ether oxygens (including phenoxy) is 2. The molecule has 0 spiro atoms. The van der Waals surface area contributed by atoms with E-state index in [1.165, 1.54) is 11.5 Å². The van der Waals surface area contributed by atoms with E-state index in [4.69, 9.17) is 15.2 Å². The van der Waals surface area contributed by atoms with Crippen molar-refractivity contribution in [3.05, 3.63) is 34.3 Å². The summed E-state index contributed by atoms with van der Waals surface area (Å²) >= 11 is 1.34. The third-order valence-electron chi connectivity index (χ3n) is 3.10. The summed E-state index contributed by atoms with van der Waals surface area (Å²) in [4.78, 5) is 0.981. The lowest BCUT2D eigenvalue weighted by molar-refractivity contribution is 0.297. The SMILES string of the molecule is Cc1nnsc1C(N)c1ccc2c(c1)OCCCO2. The third-order valence-corrected chi connectivity index (χ3v) is 4.01. The summed E-state index contributed by atoms with van der Waals surface area (Å²) in [6.07, 6.45) is 0.897. The molecule has 0 saturated heterocycles. The second-order valence-corrected chi connectivity index (χ2v) is 5.24. The molecule has 0 radical (unpaired) electrons. The fourth-order valence-corrected chi connectivity index (χ4v) is 2.72. The average molecular weight is 277 g/mol. The molecule has 1 aromatic carbocycles. The number of rotatable bonds is 2. The van der Waals surface area contributed by atoms with Crippen LogP contribution < -0.4 is 15.2 Å². The predicted octanol–water partition coefficient (Wildman–Crippen LogP) is 2.06. The molecule has 2 aromatic rings. The number of benzene rings is 1. The number of aromatic nitrogens is 2. The third kappa shape index (κ3) is 2.41. The number of nitrogens with zero attached hydrogens (tertiary/aromatic N) is 2. The van der Waals surface area contributed by atoms with Crippen molar-refractivity contribution in [2.24, 2.45) is 5.73 Å². The maximum absolute atomic E-state index is 6.27. The molecule has 100 valence electrons. The Balaban J connectivity index is 1.93. The van der Waals surface area contributed by atoms with Crippen molar-refractivity contribution in [2.45, 2.75) is 19.4 Å². The molecule has 0 saturated carbocycles. The van der Waals surface area contributed by atoms with E-state index in [9.17, 15) is 0 Å². The lowest BCUT2D eigenvalue weighted by Crippen LogP contribution is -2.11. The van der Waals surface area contributed by atoms with Gasteiger partial charge in [0.25, 0.3) is 0 Å². The zero-order valence-corrected chi connectivity index (χ0v) is 11.4. The summed E-state index contributed by atoms with van der Waals surface area (Å²) in [5.41, 5.74) is 8.13. The topological polar surface area (TPSA) is 70.3 Å². The Hall–Kier alpha value is -1.66. The molecule has 1 aliphatic heterocycles. The quantitative estimate of drug-likeness (QED) is 0.909. The second kappa shape index (κ2) is 5.14. The highest BCUT2D eigenvalue weighted by Crippen LogP contribution is 2.34. The fraction of sp³-hybridized carbons (Fsp3) is 0.385. The van der Waals surface area contributed by atoms with E-state index >= 15 is 0 Å². The molecule has 3 rings (SSSR count). The van der Waals surface area contributed by atoms with Gasteiger partial charge in [0.2, 0.25) is 0 Å². The Morgan fingerprint density at radius 1 is 1.26 bits per heavy atom. The van der Waals surface area contributed by atoms with E-state index in [-0.39, 0.29) is 6.04 Å². The molecule has 0 fully saturated rings. The van der Waals surface area contributed by atoms with Gasteiger partial charge in [-0.25, -0.2) is 0 Å². The molecule has 2 N–H and O–H groups in total. The number of hydrogen-bond acceptors (Lipinski definition) is 6. The first kappa shape index (κ1) is 12.4. The van der Waals surface area contributed by atoms with Gasteiger partial charge >= 0.3 is 0 Å². The van der Waals surface area contributed by atoms with Crippen LogP contribution in [0, 0.1) is 6.92 Å². The van der Waals surface area contributed by atoms with Crippen LogP contribution in [0.3, 0.4) is 0 Å². The van der Waals surface area contributed by atoms with Crippen LogP contribution in [0.25, 0.3) is 0 Å². The zero-order chi connectivity index (χ0) is 13.2. The van der Waals surface area contributed by atoms with Gasteiger partial charge in [-0.1, -0.05) is 10.6 Å². The minimum absolute atomic E-state index is 0.225. The molecule has 1 aromatic heterocycles. The second-order valence-electron chi connectivity index (χ2n) is 4.46. The Labute approximate surface area is 115 Å². The monoisotopic (exact) mass is 277 g/mol. The highest BCUT2D eigenvalue weighted by Gasteiger charge is 2.18. The van der Waals surface area contributed by atoms with Gasteiger partial charge in [0, 0.05) is 6.42 Å².